The van der Waals surface area contributed by atoms with Crippen LogP contribution in [-0.4, -0.2) is 29.6 Å². The maximum Gasteiger partial charge on any atom is 0.331 e. The average Bonchev–Trinajstić information content (AvgIpc) is 2.13. The fourth-order valence-corrected chi connectivity index (χ4v) is 1.20. The summed E-state index contributed by atoms with van der Waals surface area (Å²) in [7, 11) is 0. The Morgan fingerprint density at radius 1 is 1.31 bits per heavy atom. The molecule has 0 saturated heterocycles. The minimum Gasteiger partial charge on any atom is -0.464 e. The molecule has 1 unspecified atom stereocenters. The molecule has 6 heteroatoms. The molecule has 16 heavy (non-hydrogen) atoms. The van der Waals surface area contributed by atoms with Gasteiger partial charge in [-0.25, -0.2) is 4.79 Å². The minimum atomic E-state index is -1.34. The Balaban J connectivity index is 4.19. The third kappa shape index (κ3) is 5.11. The molecule has 0 radical (unpaired) electrons. The summed E-state index contributed by atoms with van der Waals surface area (Å²) in [5, 5.41) is -1.34. The number of carbonyl (C=O) groups excluding carboxylic acids is 3. The molecule has 0 aliphatic carbocycles. The molecule has 0 fully saturated rings. The predicted molar refractivity (Wildman–Crippen MR) is 58.9 cm³/mol. The van der Waals surface area contributed by atoms with Crippen LogP contribution in [0.5, 0.6) is 0 Å². The number of nitrogens with two attached hydrogens (primary N) is 1. The van der Waals surface area contributed by atoms with Crippen molar-refractivity contribution in [2.75, 3.05) is 6.61 Å². The lowest BCUT2D eigenvalue weighted by molar-refractivity contribution is -0.147. The van der Waals surface area contributed by atoms with Gasteiger partial charge in [0.2, 0.25) is 5.91 Å². The summed E-state index contributed by atoms with van der Waals surface area (Å²) in [5.41, 5.74) is 4.14. The number of alkyl halides is 1. The Morgan fingerprint density at radius 3 is 2.19 bits per heavy atom. The number of amides is 1. The van der Waals surface area contributed by atoms with E-state index in [0.29, 0.717) is 0 Å². The average molecular weight is 250 g/mol. The summed E-state index contributed by atoms with van der Waals surface area (Å²) >= 11 is 5.64. The number of hydrogen-bond donors (Lipinski definition) is 1. The van der Waals surface area contributed by atoms with E-state index in [0.717, 1.165) is 0 Å². The van der Waals surface area contributed by atoms with Gasteiger partial charge in [-0.1, -0.05) is 20.8 Å². The van der Waals surface area contributed by atoms with E-state index in [1.807, 2.05) is 0 Å². The maximum absolute atomic E-state index is 11.6. The topological polar surface area (TPSA) is 86.5 Å². The third-order valence-corrected chi connectivity index (χ3v) is 2.15. The molecule has 0 spiro atoms. The monoisotopic (exact) mass is 249 g/mol. The van der Waals surface area contributed by atoms with Crippen molar-refractivity contribution in [3.05, 3.63) is 0 Å². The first-order valence-electron chi connectivity index (χ1n) is 4.79. The highest BCUT2D eigenvalue weighted by Crippen LogP contribution is 2.20. The van der Waals surface area contributed by atoms with Gasteiger partial charge >= 0.3 is 5.97 Å². The standard InChI is InChI=1S/C10H16ClNO4/c1-10(2,3)8(14)7(11)9(15)16-5-4-6(12)13/h7H,4-5H2,1-3H3,(H2,12,13). The molecule has 0 saturated carbocycles. The number of carbonyl (C=O) groups is 3. The molecule has 0 aliphatic rings. The molecule has 0 aliphatic heterocycles. The molecule has 5 nitrogen and oxygen atoms in total. The van der Waals surface area contributed by atoms with E-state index in [-0.39, 0.29) is 13.0 Å². The number of hydrogen-bond acceptors (Lipinski definition) is 4. The number of rotatable bonds is 5. The minimum absolute atomic E-state index is 0.0843. The molecule has 1 atom stereocenters. The zero-order valence-electron chi connectivity index (χ0n) is 9.58. The molecule has 2 N–H and O–H groups in total. The van der Waals surface area contributed by atoms with Crippen molar-refractivity contribution in [3.8, 4) is 0 Å². The van der Waals surface area contributed by atoms with Crippen LogP contribution in [0.1, 0.15) is 27.2 Å². The van der Waals surface area contributed by atoms with E-state index in [1.165, 1.54) is 0 Å². The van der Waals surface area contributed by atoms with Gasteiger partial charge in [-0.3, -0.25) is 9.59 Å². The lowest BCUT2D eigenvalue weighted by atomic mass is 9.89. The number of halogens is 1. The van der Waals surface area contributed by atoms with Gasteiger partial charge in [0.25, 0.3) is 0 Å². The fourth-order valence-electron chi connectivity index (χ4n) is 0.813. The summed E-state index contributed by atoms with van der Waals surface area (Å²) in [6, 6.07) is 0. The normalized spacial score (nSPS) is 13.0. The van der Waals surface area contributed by atoms with Crippen molar-refractivity contribution >= 4 is 29.3 Å². The van der Waals surface area contributed by atoms with E-state index >= 15 is 0 Å². The van der Waals surface area contributed by atoms with Crippen molar-refractivity contribution in [1.29, 1.82) is 0 Å². The van der Waals surface area contributed by atoms with Gasteiger partial charge in [0.05, 0.1) is 6.42 Å². The molecule has 0 aromatic heterocycles. The Labute approximate surface area is 99.3 Å². The van der Waals surface area contributed by atoms with Crippen LogP contribution >= 0.6 is 11.6 Å². The van der Waals surface area contributed by atoms with Gasteiger partial charge in [-0.2, -0.15) is 0 Å². The van der Waals surface area contributed by atoms with Gasteiger partial charge in [0.1, 0.15) is 6.61 Å². The Hall–Kier alpha value is -1.10. The van der Waals surface area contributed by atoms with Crippen LogP contribution in [0.2, 0.25) is 0 Å². The SMILES string of the molecule is CC(C)(C)C(=O)C(Cl)C(=O)OCCC(N)=O. The van der Waals surface area contributed by atoms with Crippen molar-refractivity contribution in [2.24, 2.45) is 11.1 Å². The van der Waals surface area contributed by atoms with Crippen molar-refractivity contribution in [1.82, 2.24) is 0 Å². The Morgan fingerprint density at radius 2 is 1.81 bits per heavy atom. The lowest BCUT2D eigenvalue weighted by Crippen LogP contribution is -2.35. The van der Waals surface area contributed by atoms with Gasteiger partial charge in [0, 0.05) is 5.41 Å². The number of primary amides is 1. The molecular weight excluding hydrogens is 234 g/mol. The van der Waals surface area contributed by atoms with Gasteiger partial charge in [0.15, 0.2) is 11.2 Å². The number of ether oxygens (including phenoxy) is 1. The summed E-state index contributed by atoms with van der Waals surface area (Å²) in [4.78, 5) is 33.2. The maximum atomic E-state index is 11.6. The predicted octanol–water partition coefficient (Wildman–Crippen LogP) is 0.628. The molecule has 0 rings (SSSR count). The molecule has 0 aromatic carbocycles. The van der Waals surface area contributed by atoms with Crippen LogP contribution in [0.4, 0.5) is 0 Å². The summed E-state index contributed by atoms with van der Waals surface area (Å²) in [6.07, 6.45) is -0.0843. The highest BCUT2D eigenvalue weighted by molar-refractivity contribution is 6.41. The highest BCUT2D eigenvalue weighted by Gasteiger charge is 2.34. The second-order valence-corrected chi connectivity index (χ2v) is 4.80. The van der Waals surface area contributed by atoms with E-state index in [2.05, 4.69) is 4.74 Å². The number of ketones is 1. The summed E-state index contributed by atoms with van der Waals surface area (Å²) in [5.74, 6) is -1.85. The zero-order valence-corrected chi connectivity index (χ0v) is 10.3. The quantitative estimate of drug-likeness (QED) is 0.440. The van der Waals surface area contributed by atoms with Gasteiger partial charge in [-0.05, 0) is 0 Å². The largest absolute Gasteiger partial charge is 0.464 e. The first kappa shape index (κ1) is 14.9. The van der Waals surface area contributed by atoms with Crippen molar-refractivity contribution in [3.63, 3.8) is 0 Å². The van der Waals surface area contributed by atoms with E-state index in [1.54, 1.807) is 20.8 Å². The van der Waals surface area contributed by atoms with E-state index < -0.39 is 28.5 Å². The van der Waals surface area contributed by atoms with Crippen LogP contribution in [-0.2, 0) is 19.1 Å². The molecular formula is C10H16ClNO4. The Kier molecular flexibility index (Phi) is 5.44. The first-order chi connectivity index (χ1) is 7.16. The number of esters is 1. The van der Waals surface area contributed by atoms with Crippen molar-refractivity contribution < 1.29 is 19.1 Å². The van der Waals surface area contributed by atoms with Gasteiger partial charge in [-0.15, -0.1) is 11.6 Å². The molecule has 1 amide bonds. The van der Waals surface area contributed by atoms with Crippen LogP contribution in [0.15, 0.2) is 0 Å². The fraction of sp³-hybridized carbons (Fsp3) is 0.700. The zero-order chi connectivity index (χ0) is 12.9. The highest BCUT2D eigenvalue weighted by atomic mass is 35.5. The third-order valence-electron chi connectivity index (χ3n) is 1.77. The van der Waals surface area contributed by atoms with E-state index in [9.17, 15) is 14.4 Å². The second-order valence-electron chi connectivity index (χ2n) is 4.36. The van der Waals surface area contributed by atoms with Gasteiger partial charge < -0.3 is 10.5 Å². The van der Waals surface area contributed by atoms with Crippen molar-refractivity contribution in [2.45, 2.75) is 32.6 Å². The van der Waals surface area contributed by atoms with E-state index in [4.69, 9.17) is 17.3 Å². The van der Waals surface area contributed by atoms with Crippen LogP contribution in [0, 0.1) is 5.41 Å². The first-order valence-corrected chi connectivity index (χ1v) is 5.23. The van der Waals surface area contributed by atoms with Crippen LogP contribution < -0.4 is 5.73 Å². The molecule has 0 bridgehead atoms. The summed E-state index contributed by atoms with van der Waals surface area (Å²) < 4.78 is 4.64. The Bertz CT molecular complexity index is 296. The second kappa shape index (κ2) is 5.84. The number of Topliss-reactive ketones (excluding diaryl/α,β-unsaturated/α-hetero) is 1. The smallest absolute Gasteiger partial charge is 0.331 e. The molecule has 92 valence electrons. The van der Waals surface area contributed by atoms with Crippen LogP contribution in [0.3, 0.4) is 0 Å². The molecule has 0 heterocycles. The molecule has 0 aromatic rings. The van der Waals surface area contributed by atoms with Crippen LogP contribution in [0.25, 0.3) is 0 Å². The summed E-state index contributed by atoms with van der Waals surface area (Å²) in [6.45, 7) is 4.80. The lowest BCUT2D eigenvalue weighted by Gasteiger charge is -2.19.